The number of amides is 1. The fourth-order valence-corrected chi connectivity index (χ4v) is 3.54. The minimum atomic E-state index is -1.09. The number of benzene rings is 3. The van der Waals surface area contributed by atoms with E-state index in [1.54, 1.807) is 24.3 Å². The van der Waals surface area contributed by atoms with Crippen molar-refractivity contribution in [1.29, 1.82) is 0 Å². The van der Waals surface area contributed by atoms with Gasteiger partial charge in [-0.15, -0.1) is 0 Å². The van der Waals surface area contributed by atoms with Crippen molar-refractivity contribution in [1.82, 2.24) is 0 Å². The van der Waals surface area contributed by atoms with Gasteiger partial charge in [0.2, 0.25) is 0 Å². The SMILES string of the molecule is COC(=O)[C@H](C)N(C(=O)c1cc(OC)c(OCc2ccccc2)cc1[N+](=O)[O-])c1ccc(OC)cc1. The van der Waals surface area contributed by atoms with Crippen molar-refractivity contribution < 1.29 is 33.5 Å². The van der Waals surface area contributed by atoms with Gasteiger partial charge in [-0.1, -0.05) is 30.3 Å². The molecule has 3 aromatic carbocycles. The second kappa shape index (κ2) is 11.7. The minimum Gasteiger partial charge on any atom is -0.497 e. The van der Waals surface area contributed by atoms with Gasteiger partial charge in [-0.05, 0) is 36.8 Å². The summed E-state index contributed by atoms with van der Waals surface area (Å²) in [6.07, 6.45) is 0. The van der Waals surface area contributed by atoms with Crippen LogP contribution in [0.4, 0.5) is 11.4 Å². The van der Waals surface area contributed by atoms with E-state index in [1.165, 1.54) is 34.3 Å². The van der Waals surface area contributed by atoms with Gasteiger partial charge in [0, 0.05) is 11.8 Å². The Morgan fingerprint density at radius 1 is 0.944 bits per heavy atom. The summed E-state index contributed by atoms with van der Waals surface area (Å²) in [4.78, 5) is 38.5. The Balaban J connectivity index is 2.07. The predicted octanol–water partition coefficient (Wildman–Crippen LogP) is 4.40. The van der Waals surface area contributed by atoms with Crippen LogP contribution >= 0.6 is 0 Å². The maximum absolute atomic E-state index is 13.7. The van der Waals surface area contributed by atoms with E-state index in [4.69, 9.17) is 18.9 Å². The molecular weight excluding hydrogens is 468 g/mol. The third-order valence-electron chi connectivity index (χ3n) is 5.45. The number of anilines is 1. The quantitative estimate of drug-likeness (QED) is 0.231. The van der Waals surface area contributed by atoms with E-state index in [0.29, 0.717) is 11.4 Å². The molecular formula is C26H26N2O8. The number of carbonyl (C=O) groups excluding carboxylic acids is 2. The standard InChI is InChI=1S/C26H26N2O8/c1-17(26(30)35-4)27(19-10-12-20(33-2)13-11-19)25(29)21-14-23(34-3)24(15-22(21)28(31)32)36-16-18-8-6-5-7-9-18/h5-15,17H,16H2,1-4H3/t17-/m0/s1. The number of nitro groups is 1. The van der Waals surface area contributed by atoms with Gasteiger partial charge in [0.05, 0.1) is 32.3 Å². The molecule has 0 radical (unpaired) electrons. The number of esters is 1. The molecule has 0 fully saturated rings. The van der Waals surface area contributed by atoms with Crippen LogP contribution in [0, 0.1) is 10.1 Å². The van der Waals surface area contributed by atoms with Crippen LogP contribution in [0.5, 0.6) is 17.2 Å². The van der Waals surface area contributed by atoms with Crippen molar-refractivity contribution in [3.63, 3.8) is 0 Å². The molecule has 0 heterocycles. The molecule has 0 N–H and O–H groups in total. The molecule has 188 valence electrons. The Labute approximate surface area is 208 Å². The Morgan fingerprint density at radius 2 is 1.61 bits per heavy atom. The fraction of sp³-hybridized carbons (Fsp3) is 0.231. The van der Waals surface area contributed by atoms with E-state index in [9.17, 15) is 19.7 Å². The van der Waals surface area contributed by atoms with Crippen LogP contribution in [0.3, 0.4) is 0 Å². The summed E-state index contributed by atoms with van der Waals surface area (Å²) >= 11 is 0. The average molecular weight is 495 g/mol. The highest BCUT2D eigenvalue weighted by atomic mass is 16.6. The number of hydrogen-bond acceptors (Lipinski definition) is 8. The molecule has 1 amide bonds. The number of nitro benzene ring substituents is 1. The van der Waals surface area contributed by atoms with Gasteiger partial charge < -0.3 is 18.9 Å². The van der Waals surface area contributed by atoms with Gasteiger partial charge in [0.25, 0.3) is 11.6 Å². The maximum Gasteiger partial charge on any atom is 0.328 e. The van der Waals surface area contributed by atoms with Crippen molar-refractivity contribution in [2.75, 3.05) is 26.2 Å². The molecule has 1 atom stereocenters. The van der Waals surface area contributed by atoms with Crippen LogP contribution in [-0.4, -0.2) is 44.2 Å². The van der Waals surface area contributed by atoms with Gasteiger partial charge in [-0.3, -0.25) is 19.8 Å². The first-order valence-corrected chi connectivity index (χ1v) is 10.9. The van der Waals surface area contributed by atoms with Gasteiger partial charge in [-0.2, -0.15) is 0 Å². The lowest BCUT2D eigenvalue weighted by molar-refractivity contribution is -0.385. The zero-order valence-electron chi connectivity index (χ0n) is 20.3. The van der Waals surface area contributed by atoms with Gasteiger partial charge >= 0.3 is 5.97 Å². The summed E-state index contributed by atoms with van der Waals surface area (Å²) in [5, 5.41) is 12.0. The highest BCUT2D eigenvalue weighted by molar-refractivity contribution is 6.11. The molecule has 0 aliphatic rings. The average Bonchev–Trinajstić information content (AvgIpc) is 2.91. The number of ether oxygens (including phenoxy) is 4. The summed E-state index contributed by atoms with van der Waals surface area (Å²) in [7, 11) is 4.05. The second-order valence-corrected chi connectivity index (χ2v) is 7.62. The molecule has 36 heavy (non-hydrogen) atoms. The van der Waals surface area contributed by atoms with Crippen molar-refractivity contribution in [3.8, 4) is 17.2 Å². The zero-order chi connectivity index (χ0) is 26.2. The summed E-state index contributed by atoms with van der Waals surface area (Å²) < 4.78 is 21.1. The van der Waals surface area contributed by atoms with Gasteiger partial charge in [0.1, 0.15) is 24.0 Å². The van der Waals surface area contributed by atoms with Crippen molar-refractivity contribution >= 4 is 23.3 Å². The molecule has 10 heteroatoms. The number of nitrogens with zero attached hydrogens (tertiary/aromatic N) is 2. The lowest BCUT2D eigenvalue weighted by Gasteiger charge is -2.28. The van der Waals surface area contributed by atoms with Crippen LogP contribution < -0.4 is 19.1 Å². The third-order valence-corrected chi connectivity index (χ3v) is 5.45. The zero-order valence-corrected chi connectivity index (χ0v) is 20.3. The van der Waals surface area contributed by atoms with E-state index < -0.39 is 28.5 Å². The second-order valence-electron chi connectivity index (χ2n) is 7.62. The van der Waals surface area contributed by atoms with Crippen LogP contribution in [0.2, 0.25) is 0 Å². The first-order chi connectivity index (χ1) is 17.3. The van der Waals surface area contributed by atoms with E-state index in [-0.39, 0.29) is 23.7 Å². The highest BCUT2D eigenvalue weighted by Gasteiger charge is 2.34. The number of carbonyl (C=O) groups is 2. The van der Waals surface area contributed by atoms with Crippen LogP contribution in [0.25, 0.3) is 0 Å². The van der Waals surface area contributed by atoms with E-state index in [0.717, 1.165) is 16.5 Å². The molecule has 0 bridgehead atoms. The summed E-state index contributed by atoms with van der Waals surface area (Å²) in [6, 6.07) is 16.9. The molecule has 0 saturated carbocycles. The Bertz CT molecular complexity index is 1230. The molecule has 0 spiro atoms. The molecule has 0 aromatic heterocycles. The summed E-state index contributed by atoms with van der Waals surface area (Å²) in [5.41, 5.74) is 0.381. The van der Waals surface area contributed by atoms with Gasteiger partial charge in [0.15, 0.2) is 11.5 Å². The Hall–Kier alpha value is -4.60. The number of rotatable bonds is 10. The number of methoxy groups -OCH3 is 3. The van der Waals surface area contributed by atoms with Gasteiger partial charge in [-0.25, -0.2) is 4.79 Å². The number of hydrogen-bond donors (Lipinski definition) is 0. The molecule has 0 saturated heterocycles. The van der Waals surface area contributed by atoms with Crippen molar-refractivity contribution in [2.24, 2.45) is 0 Å². The lowest BCUT2D eigenvalue weighted by atomic mass is 10.1. The monoisotopic (exact) mass is 494 g/mol. The van der Waals surface area contributed by atoms with Crippen LogP contribution in [0.1, 0.15) is 22.8 Å². The Morgan fingerprint density at radius 3 is 2.17 bits per heavy atom. The lowest BCUT2D eigenvalue weighted by Crippen LogP contribution is -2.44. The molecule has 3 rings (SSSR count). The van der Waals surface area contributed by atoms with Crippen LogP contribution in [-0.2, 0) is 16.1 Å². The molecule has 0 unspecified atom stereocenters. The predicted molar refractivity (Wildman–Crippen MR) is 132 cm³/mol. The largest absolute Gasteiger partial charge is 0.497 e. The van der Waals surface area contributed by atoms with Crippen LogP contribution in [0.15, 0.2) is 66.7 Å². The normalized spacial score (nSPS) is 11.2. The smallest absolute Gasteiger partial charge is 0.328 e. The molecule has 0 aliphatic carbocycles. The minimum absolute atomic E-state index is 0.0987. The van der Waals surface area contributed by atoms with Crippen molar-refractivity contribution in [2.45, 2.75) is 19.6 Å². The first kappa shape index (κ1) is 26.0. The molecule has 0 aliphatic heterocycles. The molecule has 3 aromatic rings. The summed E-state index contributed by atoms with van der Waals surface area (Å²) in [6.45, 7) is 1.60. The van der Waals surface area contributed by atoms with Crippen molar-refractivity contribution in [3.05, 3.63) is 88.0 Å². The maximum atomic E-state index is 13.7. The third kappa shape index (κ3) is 5.72. The summed E-state index contributed by atoms with van der Waals surface area (Å²) in [5.74, 6) is -0.736. The topological polar surface area (TPSA) is 117 Å². The van der Waals surface area contributed by atoms with E-state index in [2.05, 4.69) is 0 Å². The Kier molecular flexibility index (Phi) is 8.45. The van der Waals surface area contributed by atoms with E-state index in [1.807, 2.05) is 30.3 Å². The molecule has 10 nitrogen and oxygen atoms in total. The fourth-order valence-electron chi connectivity index (χ4n) is 3.54. The first-order valence-electron chi connectivity index (χ1n) is 10.9. The van der Waals surface area contributed by atoms with E-state index >= 15 is 0 Å². The highest BCUT2D eigenvalue weighted by Crippen LogP contribution is 2.37.